The topological polar surface area (TPSA) is 92.4 Å². The summed E-state index contributed by atoms with van der Waals surface area (Å²) in [7, 11) is -3.70. The number of benzene rings is 1. The molecule has 5 nitrogen and oxygen atoms in total. The van der Waals surface area contributed by atoms with Gasteiger partial charge in [0.05, 0.1) is 16.6 Å². The number of nitrogens with one attached hydrogen (secondary N) is 1. The molecule has 114 valence electrons. The summed E-state index contributed by atoms with van der Waals surface area (Å²) in [4.78, 5) is 1.00. The number of thiophene rings is 1. The molecule has 0 aliphatic heterocycles. The zero-order valence-electron chi connectivity index (χ0n) is 11.8. The number of hydrogen-bond acceptors (Lipinski definition) is 5. The number of sulfonamides is 1. The van der Waals surface area contributed by atoms with Crippen molar-refractivity contribution in [3.05, 3.63) is 40.6 Å². The van der Waals surface area contributed by atoms with Gasteiger partial charge in [-0.2, -0.15) is 0 Å². The first-order chi connectivity index (χ1) is 9.81. The van der Waals surface area contributed by atoms with Crippen molar-refractivity contribution in [3.63, 3.8) is 0 Å². The molecule has 2 rings (SSSR count). The highest BCUT2D eigenvalue weighted by Gasteiger charge is 2.25. The van der Waals surface area contributed by atoms with E-state index < -0.39 is 10.0 Å². The average molecular weight is 326 g/mol. The van der Waals surface area contributed by atoms with Crippen LogP contribution >= 0.6 is 11.3 Å². The van der Waals surface area contributed by atoms with Crippen molar-refractivity contribution in [3.8, 4) is 5.75 Å². The van der Waals surface area contributed by atoms with Crippen LogP contribution in [-0.4, -0.2) is 13.5 Å². The maximum atomic E-state index is 12.5. The van der Waals surface area contributed by atoms with E-state index in [0.717, 1.165) is 4.88 Å². The Bertz CT molecular complexity index is 710. The first-order valence-corrected chi connectivity index (χ1v) is 8.82. The van der Waals surface area contributed by atoms with E-state index in [1.807, 2.05) is 31.4 Å². The molecule has 2 aromatic rings. The highest BCUT2D eigenvalue weighted by molar-refractivity contribution is 7.89. The molecule has 0 saturated heterocycles. The third-order valence-corrected chi connectivity index (χ3v) is 5.50. The summed E-state index contributed by atoms with van der Waals surface area (Å²) in [5.41, 5.74) is 5.60. The van der Waals surface area contributed by atoms with E-state index in [2.05, 4.69) is 4.72 Å². The van der Waals surface area contributed by atoms with Crippen LogP contribution in [0, 0.1) is 5.92 Å². The zero-order chi connectivity index (χ0) is 15.6. The summed E-state index contributed by atoms with van der Waals surface area (Å²) >= 11 is 1.51. The van der Waals surface area contributed by atoms with Gasteiger partial charge < -0.3 is 10.8 Å². The summed E-state index contributed by atoms with van der Waals surface area (Å²) < 4.78 is 27.6. The molecule has 0 saturated carbocycles. The third kappa shape index (κ3) is 3.55. The second-order valence-corrected chi connectivity index (χ2v) is 7.77. The normalized spacial score (nSPS) is 13.5. The molecule has 0 amide bonds. The Morgan fingerprint density at radius 3 is 2.52 bits per heavy atom. The van der Waals surface area contributed by atoms with Gasteiger partial charge in [-0.05, 0) is 35.6 Å². The fourth-order valence-electron chi connectivity index (χ4n) is 1.93. The standard InChI is InChI=1S/C14H18N2O3S2/c1-9(2)14(13-4-3-7-20-13)16-21(18,19)10-5-6-12(17)11(15)8-10/h3-9,14,16-17H,15H2,1-2H3. The lowest BCUT2D eigenvalue weighted by molar-refractivity contribution is 0.468. The number of hydrogen-bond donors (Lipinski definition) is 3. The fourth-order valence-corrected chi connectivity index (χ4v) is 4.35. The second-order valence-electron chi connectivity index (χ2n) is 5.08. The van der Waals surface area contributed by atoms with E-state index in [-0.39, 0.29) is 28.3 Å². The van der Waals surface area contributed by atoms with E-state index in [4.69, 9.17) is 5.73 Å². The zero-order valence-corrected chi connectivity index (χ0v) is 13.4. The van der Waals surface area contributed by atoms with E-state index in [1.54, 1.807) is 0 Å². The van der Waals surface area contributed by atoms with Gasteiger partial charge in [0.1, 0.15) is 5.75 Å². The summed E-state index contributed by atoms with van der Waals surface area (Å²) in [6, 6.07) is 7.36. The smallest absolute Gasteiger partial charge is 0.241 e. The lowest BCUT2D eigenvalue weighted by atomic mass is 10.0. The number of nitrogens with two attached hydrogens (primary N) is 1. The molecule has 1 heterocycles. The predicted molar refractivity (Wildman–Crippen MR) is 84.7 cm³/mol. The Morgan fingerprint density at radius 1 is 1.29 bits per heavy atom. The largest absolute Gasteiger partial charge is 0.506 e. The molecule has 0 aliphatic rings. The molecule has 7 heteroatoms. The van der Waals surface area contributed by atoms with Gasteiger partial charge in [-0.1, -0.05) is 19.9 Å². The summed E-state index contributed by atoms with van der Waals surface area (Å²) in [6.07, 6.45) is 0. The molecule has 1 unspecified atom stereocenters. The Morgan fingerprint density at radius 2 is 2.00 bits per heavy atom. The van der Waals surface area contributed by atoms with Gasteiger partial charge in [0.2, 0.25) is 10.0 Å². The molecule has 21 heavy (non-hydrogen) atoms. The Kier molecular flexibility index (Phi) is 4.55. The number of phenolic OH excluding ortho intramolecular Hbond substituents is 1. The number of rotatable bonds is 5. The highest BCUT2D eigenvalue weighted by atomic mass is 32.2. The van der Waals surface area contributed by atoms with Gasteiger partial charge >= 0.3 is 0 Å². The predicted octanol–water partition coefficient (Wildman–Crippen LogP) is 2.71. The maximum absolute atomic E-state index is 12.5. The molecule has 0 radical (unpaired) electrons. The molecule has 0 aliphatic carbocycles. The van der Waals surface area contributed by atoms with Crippen molar-refractivity contribution in [2.24, 2.45) is 5.92 Å². The third-order valence-electron chi connectivity index (χ3n) is 3.11. The van der Waals surface area contributed by atoms with Gasteiger partial charge in [-0.25, -0.2) is 13.1 Å². The van der Waals surface area contributed by atoms with E-state index in [9.17, 15) is 13.5 Å². The highest BCUT2D eigenvalue weighted by Crippen LogP contribution is 2.29. The first-order valence-electron chi connectivity index (χ1n) is 6.45. The van der Waals surface area contributed by atoms with Crippen LogP contribution in [0.15, 0.2) is 40.6 Å². The Labute approximate surface area is 128 Å². The van der Waals surface area contributed by atoms with Crippen LogP contribution in [0.3, 0.4) is 0 Å². The van der Waals surface area contributed by atoms with Crippen LogP contribution in [0.1, 0.15) is 24.8 Å². The summed E-state index contributed by atoms with van der Waals surface area (Å²) in [5, 5.41) is 11.3. The first kappa shape index (κ1) is 15.8. The molecule has 0 fully saturated rings. The summed E-state index contributed by atoms with van der Waals surface area (Å²) in [6.45, 7) is 3.91. The van der Waals surface area contributed by atoms with Crippen LogP contribution in [-0.2, 0) is 10.0 Å². The minimum Gasteiger partial charge on any atom is -0.506 e. The van der Waals surface area contributed by atoms with Crippen molar-refractivity contribution in [1.82, 2.24) is 4.72 Å². The molecule has 1 aromatic carbocycles. The number of anilines is 1. The second kappa shape index (κ2) is 6.05. The molecule has 0 bridgehead atoms. The van der Waals surface area contributed by atoms with Crippen LogP contribution < -0.4 is 10.5 Å². The van der Waals surface area contributed by atoms with Gasteiger partial charge in [-0.3, -0.25) is 0 Å². The molecule has 0 spiro atoms. The lowest BCUT2D eigenvalue weighted by Gasteiger charge is -2.21. The quantitative estimate of drug-likeness (QED) is 0.582. The average Bonchev–Trinajstić information content (AvgIpc) is 2.92. The lowest BCUT2D eigenvalue weighted by Crippen LogP contribution is -2.31. The van der Waals surface area contributed by atoms with Crippen molar-refractivity contribution >= 4 is 27.0 Å². The minimum absolute atomic E-state index is 0.0371. The number of aromatic hydroxyl groups is 1. The monoisotopic (exact) mass is 326 g/mol. The van der Waals surface area contributed by atoms with Crippen molar-refractivity contribution in [1.29, 1.82) is 0 Å². The molecular weight excluding hydrogens is 308 g/mol. The molecule has 4 N–H and O–H groups in total. The molecular formula is C14H18N2O3S2. The maximum Gasteiger partial charge on any atom is 0.241 e. The van der Waals surface area contributed by atoms with Gasteiger partial charge in [0.15, 0.2) is 0 Å². The van der Waals surface area contributed by atoms with Crippen LogP contribution in [0.5, 0.6) is 5.75 Å². The van der Waals surface area contributed by atoms with Crippen LogP contribution in [0.25, 0.3) is 0 Å². The SMILES string of the molecule is CC(C)C(NS(=O)(=O)c1ccc(O)c(N)c1)c1cccs1. The summed E-state index contributed by atoms with van der Waals surface area (Å²) in [5.74, 6) is -0.0273. The van der Waals surface area contributed by atoms with E-state index in [0.29, 0.717) is 0 Å². The molecule has 1 aromatic heterocycles. The Balaban J connectivity index is 2.32. The van der Waals surface area contributed by atoms with Crippen molar-refractivity contribution in [2.75, 3.05) is 5.73 Å². The van der Waals surface area contributed by atoms with E-state index >= 15 is 0 Å². The van der Waals surface area contributed by atoms with Crippen molar-refractivity contribution < 1.29 is 13.5 Å². The molecule has 1 atom stereocenters. The van der Waals surface area contributed by atoms with Gasteiger partial charge in [0.25, 0.3) is 0 Å². The van der Waals surface area contributed by atoms with Gasteiger partial charge in [0, 0.05) is 4.88 Å². The fraction of sp³-hybridized carbons (Fsp3) is 0.286. The Hall–Kier alpha value is -1.57. The number of nitrogen functional groups attached to an aromatic ring is 1. The van der Waals surface area contributed by atoms with Gasteiger partial charge in [-0.15, -0.1) is 11.3 Å². The number of phenols is 1. The minimum atomic E-state index is -3.70. The van der Waals surface area contributed by atoms with Crippen molar-refractivity contribution in [2.45, 2.75) is 24.8 Å². The van der Waals surface area contributed by atoms with Crippen LogP contribution in [0.4, 0.5) is 5.69 Å². The van der Waals surface area contributed by atoms with E-state index in [1.165, 1.54) is 29.5 Å². The van der Waals surface area contributed by atoms with Crippen LogP contribution in [0.2, 0.25) is 0 Å².